The van der Waals surface area contributed by atoms with Crippen LogP contribution in [0.5, 0.6) is 0 Å². The van der Waals surface area contributed by atoms with E-state index in [1.165, 1.54) is 12.1 Å². The van der Waals surface area contributed by atoms with Crippen molar-refractivity contribution in [3.63, 3.8) is 0 Å². The van der Waals surface area contributed by atoms with Crippen molar-refractivity contribution < 1.29 is 4.39 Å². The van der Waals surface area contributed by atoms with Crippen molar-refractivity contribution in [2.75, 3.05) is 5.73 Å². The summed E-state index contributed by atoms with van der Waals surface area (Å²) in [7, 11) is 0. The number of hydrogen-bond acceptors (Lipinski definition) is 2. The van der Waals surface area contributed by atoms with Crippen LogP contribution in [-0.2, 0) is 6.54 Å². The molecule has 0 amide bonds. The number of hydrogen-bond donors (Lipinski definition) is 1. The van der Waals surface area contributed by atoms with Gasteiger partial charge in [-0.05, 0) is 43.0 Å². The van der Waals surface area contributed by atoms with Crippen LogP contribution in [0.25, 0.3) is 5.69 Å². The molecule has 5 heteroatoms. The summed E-state index contributed by atoms with van der Waals surface area (Å²) in [6.45, 7) is 8.56. The molecule has 1 heterocycles. The maximum atomic E-state index is 13.3. The van der Waals surface area contributed by atoms with Gasteiger partial charge in [-0.2, -0.15) is 0 Å². The molecule has 1 aromatic heterocycles. The monoisotopic (exact) mass is 291 g/mol. The SMILES string of the molecule is CCCn1c(C(C)C)c(N)c(=O)n1-c1ccc(F)cc1C. The normalized spacial score (nSPS) is 11.3. The summed E-state index contributed by atoms with van der Waals surface area (Å²) in [5.74, 6) is -0.166. The van der Waals surface area contributed by atoms with E-state index in [1.807, 2.05) is 25.5 Å². The minimum atomic E-state index is -0.310. The fourth-order valence-corrected chi connectivity index (χ4v) is 2.72. The molecule has 21 heavy (non-hydrogen) atoms. The van der Waals surface area contributed by atoms with Crippen molar-refractivity contribution in [3.8, 4) is 5.69 Å². The van der Waals surface area contributed by atoms with Gasteiger partial charge in [-0.1, -0.05) is 20.8 Å². The molecule has 0 aliphatic carbocycles. The lowest BCUT2D eigenvalue weighted by molar-refractivity contribution is 0.501. The third-order valence-electron chi connectivity index (χ3n) is 3.59. The molecule has 0 bridgehead atoms. The van der Waals surface area contributed by atoms with Crippen LogP contribution in [0, 0.1) is 12.7 Å². The van der Waals surface area contributed by atoms with Gasteiger partial charge in [0.1, 0.15) is 11.5 Å². The summed E-state index contributed by atoms with van der Waals surface area (Å²) < 4.78 is 16.8. The standard InChI is InChI=1S/C16H22FN3O/c1-5-8-19-15(10(2)3)14(18)16(21)20(19)13-7-6-12(17)9-11(13)4/h6-7,9-10H,5,8,18H2,1-4H3. The fourth-order valence-electron chi connectivity index (χ4n) is 2.72. The average molecular weight is 291 g/mol. The number of halogens is 1. The second-order valence-corrected chi connectivity index (χ2v) is 5.62. The van der Waals surface area contributed by atoms with E-state index >= 15 is 0 Å². The van der Waals surface area contributed by atoms with Gasteiger partial charge in [0.2, 0.25) is 0 Å². The minimum absolute atomic E-state index is 0.145. The number of aromatic nitrogens is 2. The zero-order valence-corrected chi connectivity index (χ0v) is 13.0. The average Bonchev–Trinajstić information content (AvgIpc) is 2.63. The first-order valence-corrected chi connectivity index (χ1v) is 7.26. The van der Waals surface area contributed by atoms with Crippen molar-refractivity contribution >= 4 is 5.69 Å². The van der Waals surface area contributed by atoms with Gasteiger partial charge < -0.3 is 5.73 Å². The van der Waals surface area contributed by atoms with Crippen LogP contribution in [-0.4, -0.2) is 9.36 Å². The number of rotatable bonds is 4. The van der Waals surface area contributed by atoms with Crippen molar-refractivity contribution in [3.05, 3.63) is 45.6 Å². The predicted octanol–water partition coefficient (Wildman–Crippen LogP) is 3.20. The number of nitrogens with zero attached hydrogens (tertiary/aromatic N) is 2. The van der Waals surface area contributed by atoms with Gasteiger partial charge in [-0.25, -0.2) is 9.07 Å². The molecule has 2 rings (SSSR count). The number of aryl methyl sites for hydroxylation is 1. The molecular weight excluding hydrogens is 269 g/mol. The third-order valence-corrected chi connectivity index (χ3v) is 3.59. The molecule has 4 nitrogen and oxygen atoms in total. The Morgan fingerprint density at radius 1 is 1.33 bits per heavy atom. The zero-order valence-electron chi connectivity index (χ0n) is 13.0. The van der Waals surface area contributed by atoms with Gasteiger partial charge in [0.15, 0.2) is 0 Å². The summed E-state index contributed by atoms with van der Waals surface area (Å²) in [4.78, 5) is 12.6. The van der Waals surface area contributed by atoms with Crippen LogP contribution < -0.4 is 11.3 Å². The van der Waals surface area contributed by atoms with Crippen LogP contribution in [0.4, 0.5) is 10.1 Å². The highest BCUT2D eigenvalue weighted by Gasteiger charge is 2.21. The first-order valence-electron chi connectivity index (χ1n) is 7.26. The lowest BCUT2D eigenvalue weighted by atomic mass is 10.1. The molecule has 0 aliphatic heterocycles. The maximum absolute atomic E-state index is 13.3. The molecule has 0 radical (unpaired) electrons. The van der Waals surface area contributed by atoms with Gasteiger partial charge >= 0.3 is 0 Å². The van der Waals surface area contributed by atoms with Crippen LogP contribution in [0.1, 0.15) is 44.4 Å². The molecule has 2 aromatic rings. The van der Waals surface area contributed by atoms with E-state index in [0.29, 0.717) is 17.8 Å². The summed E-state index contributed by atoms with van der Waals surface area (Å²) in [5, 5.41) is 0. The fraction of sp³-hybridized carbons (Fsp3) is 0.438. The number of nitrogens with two attached hydrogens (primary N) is 1. The predicted molar refractivity (Wildman–Crippen MR) is 83.5 cm³/mol. The number of anilines is 1. The van der Waals surface area contributed by atoms with E-state index in [2.05, 4.69) is 0 Å². The van der Waals surface area contributed by atoms with Crippen molar-refractivity contribution in [2.24, 2.45) is 0 Å². The Labute approximate surface area is 124 Å². The molecule has 1 aromatic carbocycles. The van der Waals surface area contributed by atoms with E-state index in [4.69, 9.17) is 5.73 Å². The van der Waals surface area contributed by atoms with Gasteiger partial charge in [-0.3, -0.25) is 9.48 Å². The molecule has 114 valence electrons. The molecular formula is C16H22FN3O. The van der Waals surface area contributed by atoms with Crippen molar-refractivity contribution in [1.29, 1.82) is 0 Å². The third kappa shape index (κ3) is 2.60. The molecule has 0 saturated heterocycles. The highest BCUT2D eigenvalue weighted by molar-refractivity contribution is 5.49. The summed E-state index contributed by atoms with van der Waals surface area (Å²) >= 11 is 0. The van der Waals surface area contributed by atoms with E-state index in [9.17, 15) is 9.18 Å². The Bertz CT molecular complexity index is 713. The van der Waals surface area contributed by atoms with Crippen molar-refractivity contribution in [2.45, 2.75) is 46.6 Å². The first-order chi connectivity index (χ1) is 9.88. The summed E-state index contributed by atoms with van der Waals surface area (Å²) in [5.41, 5.74) is 8.29. The smallest absolute Gasteiger partial charge is 0.294 e. The number of benzene rings is 1. The topological polar surface area (TPSA) is 52.9 Å². The van der Waals surface area contributed by atoms with Gasteiger partial charge in [0.05, 0.1) is 11.4 Å². The van der Waals surface area contributed by atoms with Gasteiger partial charge in [0.25, 0.3) is 5.56 Å². The zero-order chi connectivity index (χ0) is 15.7. The Balaban J connectivity index is 2.79. The summed E-state index contributed by atoms with van der Waals surface area (Å²) in [6.07, 6.45) is 0.882. The molecule has 0 spiro atoms. The lowest BCUT2D eigenvalue weighted by Gasteiger charge is -2.17. The van der Waals surface area contributed by atoms with E-state index < -0.39 is 0 Å². The molecule has 0 fully saturated rings. The molecule has 2 N–H and O–H groups in total. The maximum Gasteiger partial charge on any atom is 0.294 e. The van der Waals surface area contributed by atoms with E-state index in [1.54, 1.807) is 17.7 Å². The number of nitrogen functional groups attached to an aromatic ring is 1. The Morgan fingerprint density at radius 3 is 2.52 bits per heavy atom. The van der Waals surface area contributed by atoms with E-state index in [0.717, 1.165) is 12.1 Å². The quantitative estimate of drug-likeness (QED) is 0.940. The van der Waals surface area contributed by atoms with Gasteiger partial charge in [-0.15, -0.1) is 0 Å². The molecule has 0 unspecified atom stereocenters. The summed E-state index contributed by atoms with van der Waals surface area (Å²) in [6, 6.07) is 4.42. The Hall–Kier alpha value is -2.04. The van der Waals surface area contributed by atoms with Crippen LogP contribution >= 0.6 is 0 Å². The second-order valence-electron chi connectivity index (χ2n) is 5.62. The minimum Gasteiger partial charge on any atom is -0.393 e. The Morgan fingerprint density at radius 2 is 2.00 bits per heavy atom. The molecule has 0 atom stereocenters. The first kappa shape index (κ1) is 15.4. The lowest BCUT2D eigenvalue weighted by Crippen LogP contribution is -2.23. The van der Waals surface area contributed by atoms with Gasteiger partial charge in [0, 0.05) is 6.54 Å². The van der Waals surface area contributed by atoms with Crippen molar-refractivity contribution in [1.82, 2.24) is 9.36 Å². The second kappa shape index (κ2) is 5.76. The highest BCUT2D eigenvalue weighted by atomic mass is 19.1. The largest absolute Gasteiger partial charge is 0.393 e. The van der Waals surface area contributed by atoms with Crippen LogP contribution in [0.15, 0.2) is 23.0 Å². The van der Waals surface area contributed by atoms with Crippen LogP contribution in [0.3, 0.4) is 0 Å². The highest BCUT2D eigenvalue weighted by Crippen LogP contribution is 2.23. The Kier molecular flexibility index (Phi) is 4.21. The van der Waals surface area contributed by atoms with E-state index in [-0.39, 0.29) is 23.0 Å². The molecule has 0 saturated carbocycles. The molecule has 0 aliphatic rings. The van der Waals surface area contributed by atoms with Crippen LogP contribution in [0.2, 0.25) is 0 Å².